The molecular weight excluding hydrogens is 403 g/mol. The van der Waals surface area contributed by atoms with Crippen LogP contribution in [0.2, 0.25) is 0 Å². The SMILES string of the molecule is O=C(Nc1ccccc1C(F)(F)F)c1cccn1-c1nnc(N2CCCCC2)s1. The van der Waals surface area contributed by atoms with Gasteiger partial charge >= 0.3 is 6.18 Å². The van der Waals surface area contributed by atoms with E-state index in [9.17, 15) is 18.0 Å². The standard InChI is InChI=1S/C19H18F3N5OS/c20-19(21,22)13-7-2-3-8-14(13)23-16(28)15-9-6-12-27(15)18-25-24-17(29-18)26-10-4-1-5-11-26/h2-3,6-9,12H,1,4-5,10-11H2,(H,23,28). The van der Waals surface area contributed by atoms with Crippen molar-refractivity contribution in [2.45, 2.75) is 25.4 Å². The zero-order valence-electron chi connectivity index (χ0n) is 15.3. The van der Waals surface area contributed by atoms with Gasteiger partial charge in [-0.2, -0.15) is 13.2 Å². The summed E-state index contributed by atoms with van der Waals surface area (Å²) in [5.41, 5.74) is -0.998. The Balaban J connectivity index is 1.57. The van der Waals surface area contributed by atoms with Crippen LogP contribution >= 0.6 is 11.3 Å². The van der Waals surface area contributed by atoms with Crippen molar-refractivity contribution in [3.63, 3.8) is 0 Å². The highest BCUT2D eigenvalue weighted by atomic mass is 32.1. The van der Waals surface area contributed by atoms with E-state index in [2.05, 4.69) is 20.4 Å². The Kier molecular flexibility index (Phi) is 5.27. The molecule has 6 nitrogen and oxygen atoms in total. The van der Waals surface area contributed by atoms with Gasteiger partial charge in [0.15, 0.2) is 0 Å². The van der Waals surface area contributed by atoms with Crippen molar-refractivity contribution in [2.75, 3.05) is 23.3 Å². The predicted octanol–water partition coefficient (Wildman–Crippen LogP) is 4.59. The van der Waals surface area contributed by atoms with E-state index in [1.807, 2.05) is 0 Å². The molecule has 1 saturated heterocycles. The second-order valence-corrected chi connectivity index (χ2v) is 7.61. The molecule has 29 heavy (non-hydrogen) atoms. The van der Waals surface area contributed by atoms with Gasteiger partial charge in [0, 0.05) is 19.3 Å². The van der Waals surface area contributed by atoms with Crippen molar-refractivity contribution in [2.24, 2.45) is 0 Å². The van der Waals surface area contributed by atoms with Crippen molar-refractivity contribution in [1.29, 1.82) is 0 Å². The van der Waals surface area contributed by atoms with Crippen LogP contribution in [0, 0.1) is 0 Å². The number of hydrogen-bond acceptors (Lipinski definition) is 5. The third-order valence-electron chi connectivity index (χ3n) is 4.70. The predicted molar refractivity (Wildman–Crippen MR) is 105 cm³/mol. The number of hydrogen-bond donors (Lipinski definition) is 1. The van der Waals surface area contributed by atoms with Crippen LogP contribution in [-0.2, 0) is 6.18 Å². The Bertz CT molecular complexity index is 1010. The van der Waals surface area contributed by atoms with E-state index < -0.39 is 17.6 Å². The van der Waals surface area contributed by atoms with Gasteiger partial charge in [0.2, 0.25) is 10.3 Å². The Morgan fingerprint density at radius 3 is 2.48 bits per heavy atom. The molecule has 152 valence electrons. The Morgan fingerprint density at radius 2 is 1.72 bits per heavy atom. The number of alkyl halides is 3. The molecule has 0 saturated carbocycles. The number of carbonyl (C=O) groups excluding carboxylic acids is 1. The maximum Gasteiger partial charge on any atom is 0.418 e. The highest BCUT2D eigenvalue weighted by Gasteiger charge is 2.33. The summed E-state index contributed by atoms with van der Waals surface area (Å²) in [7, 11) is 0. The number of amides is 1. The van der Waals surface area contributed by atoms with Gasteiger partial charge in [-0.25, -0.2) is 0 Å². The maximum absolute atomic E-state index is 13.2. The molecule has 0 atom stereocenters. The minimum Gasteiger partial charge on any atom is -0.347 e. The number of nitrogens with zero attached hydrogens (tertiary/aromatic N) is 4. The summed E-state index contributed by atoms with van der Waals surface area (Å²) in [6, 6.07) is 8.07. The topological polar surface area (TPSA) is 63.1 Å². The number of para-hydroxylation sites is 1. The van der Waals surface area contributed by atoms with E-state index in [4.69, 9.17) is 0 Å². The average Bonchev–Trinajstić information content (AvgIpc) is 3.38. The highest BCUT2D eigenvalue weighted by molar-refractivity contribution is 7.17. The molecule has 1 aliphatic heterocycles. The van der Waals surface area contributed by atoms with Gasteiger partial charge in [-0.1, -0.05) is 23.5 Å². The molecule has 1 aromatic carbocycles. The molecule has 1 aliphatic rings. The average molecular weight is 421 g/mol. The first-order valence-electron chi connectivity index (χ1n) is 9.17. The number of rotatable bonds is 4. The second-order valence-electron chi connectivity index (χ2n) is 6.68. The quantitative estimate of drug-likeness (QED) is 0.669. The summed E-state index contributed by atoms with van der Waals surface area (Å²) in [5, 5.41) is 12.0. The third-order valence-corrected chi connectivity index (χ3v) is 5.68. The van der Waals surface area contributed by atoms with Crippen molar-refractivity contribution < 1.29 is 18.0 Å². The fraction of sp³-hybridized carbons (Fsp3) is 0.316. The molecule has 4 rings (SSSR count). The number of halogens is 3. The Labute approximate surface area is 169 Å². The zero-order chi connectivity index (χ0) is 20.4. The van der Waals surface area contributed by atoms with Crippen molar-refractivity contribution >= 4 is 28.1 Å². The van der Waals surface area contributed by atoms with Crippen molar-refractivity contribution in [1.82, 2.24) is 14.8 Å². The second kappa shape index (κ2) is 7.86. The lowest BCUT2D eigenvalue weighted by Gasteiger charge is -2.25. The van der Waals surface area contributed by atoms with Crippen LogP contribution in [0.25, 0.3) is 5.13 Å². The van der Waals surface area contributed by atoms with E-state index in [0.717, 1.165) is 37.1 Å². The molecular formula is C19H18F3N5OS. The van der Waals surface area contributed by atoms with Gasteiger partial charge in [0.25, 0.3) is 5.91 Å². The molecule has 0 unspecified atom stereocenters. The van der Waals surface area contributed by atoms with Gasteiger partial charge in [-0.3, -0.25) is 9.36 Å². The molecule has 0 bridgehead atoms. The summed E-state index contributed by atoms with van der Waals surface area (Å²) < 4.78 is 41.1. The van der Waals surface area contributed by atoms with E-state index in [1.54, 1.807) is 12.3 Å². The molecule has 3 heterocycles. The number of nitrogens with one attached hydrogen (secondary N) is 1. The first-order chi connectivity index (χ1) is 13.9. The summed E-state index contributed by atoms with van der Waals surface area (Å²) in [4.78, 5) is 14.9. The van der Waals surface area contributed by atoms with Gasteiger partial charge < -0.3 is 10.2 Å². The lowest BCUT2D eigenvalue weighted by molar-refractivity contribution is -0.136. The van der Waals surface area contributed by atoms with E-state index in [1.165, 1.54) is 46.6 Å². The van der Waals surface area contributed by atoms with Gasteiger partial charge in [-0.05, 0) is 43.5 Å². The molecule has 3 aromatic rings. The molecule has 0 aliphatic carbocycles. The van der Waals surface area contributed by atoms with Crippen LogP contribution < -0.4 is 10.2 Å². The number of aromatic nitrogens is 3. The summed E-state index contributed by atoms with van der Waals surface area (Å²) in [5.74, 6) is -0.651. The van der Waals surface area contributed by atoms with E-state index in [0.29, 0.717) is 5.13 Å². The first kappa shape index (κ1) is 19.4. The maximum atomic E-state index is 13.2. The molecule has 0 radical (unpaired) electrons. The lowest BCUT2D eigenvalue weighted by atomic mass is 10.1. The summed E-state index contributed by atoms with van der Waals surface area (Å²) in [6.07, 6.45) is 0.485. The van der Waals surface area contributed by atoms with Crippen molar-refractivity contribution in [3.05, 3.63) is 53.9 Å². The van der Waals surface area contributed by atoms with E-state index in [-0.39, 0.29) is 11.4 Å². The number of carbonyl (C=O) groups is 1. The van der Waals surface area contributed by atoms with Crippen LogP contribution in [0.1, 0.15) is 35.3 Å². The van der Waals surface area contributed by atoms with Crippen LogP contribution in [-0.4, -0.2) is 33.8 Å². The molecule has 10 heteroatoms. The minimum absolute atomic E-state index is 0.184. The first-order valence-corrected chi connectivity index (χ1v) is 9.99. The monoisotopic (exact) mass is 421 g/mol. The third kappa shape index (κ3) is 4.12. The van der Waals surface area contributed by atoms with Crippen LogP contribution in [0.3, 0.4) is 0 Å². The fourth-order valence-electron chi connectivity index (χ4n) is 3.28. The minimum atomic E-state index is -4.56. The fourth-order valence-corrected chi connectivity index (χ4v) is 4.17. The molecule has 1 N–H and O–H groups in total. The van der Waals surface area contributed by atoms with Gasteiger partial charge in [-0.15, -0.1) is 10.2 Å². The molecule has 2 aromatic heterocycles. The molecule has 1 fully saturated rings. The van der Waals surface area contributed by atoms with Crippen molar-refractivity contribution in [3.8, 4) is 5.13 Å². The van der Waals surface area contributed by atoms with Crippen LogP contribution in [0.5, 0.6) is 0 Å². The van der Waals surface area contributed by atoms with Crippen LogP contribution in [0.4, 0.5) is 24.0 Å². The normalized spacial score (nSPS) is 14.8. The largest absolute Gasteiger partial charge is 0.418 e. The van der Waals surface area contributed by atoms with Gasteiger partial charge in [0.1, 0.15) is 5.69 Å². The smallest absolute Gasteiger partial charge is 0.347 e. The molecule has 1 amide bonds. The van der Waals surface area contributed by atoms with Crippen LogP contribution in [0.15, 0.2) is 42.6 Å². The number of benzene rings is 1. The zero-order valence-corrected chi connectivity index (χ0v) is 16.1. The number of piperidine rings is 1. The Morgan fingerprint density at radius 1 is 1.00 bits per heavy atom. The number of anilines is 2. The summed E-state index contributed by atoms with van der Waals surface area (Å²) in [6.45, 7) is 1.84. The van der Waals surface area contributed by atoms with Gasteiger partial charge in [0.05, 0.1) is 11.3 Å². The lowest BCUT2D eigenvalue weighted by Crippen LogP contribution is -2.29. The Hall–Kier alpha value is -2.88. The highest BCUT2D eigenvalue weighted by Crippen LogP contribution is 2.35. The summed E-state index contributed by atoms with van der Waals surface area (Å²) >= 11 is 1.35. The van der Waals surface area contributed by atoms with E-state index >= 15 is 0 Å². The molecule has 0 spiro atoms.